The molecule has 1 fully saturated rings. The van der Waals surface area contributed by atoms with Gasteiger partial charge in [-0.15, -0.1) is 0 Å². The summed E-state index contributed by atoms with van der Waals surface area (Å²) in [5.74, 6) is -0.507. The minimum absolute atomic E-state index is 0.0175. The normalized spacial score (nSPS) is 25.2. The number of carbonyl (C=O) groups excluding carboxylic acids is 1. The number of benzene rings is 1. The van der Waals surface area contributed by atoms with Crippen molar-refractivity contribution in [1.82, 2.24) is 4.90 Å². The first-order valence-corrected chi connectivity index (χ1v) is 5.85. The number of piperidine rings is 1. The lowest BCUT2D eigenvalue weighted by molar-refractivity contribution is -0.135. The van der Waals surface area contributed by atoms with Gasteiger partial charge < -0.3 is 10.6 Å². The molecule has 1 saturated heterocycles. The van der Waals surface area contributed by atoms with Gasteiger partial charge in [0.15, 0.2) is 0 Å². The van der Waals surface area contributed by atoms with Crippen LogP contribution >= 0.6 is 11.6 Å². The molecule has 2 rings (SSSR count). The Kier molecular flexibility index (Phi) is 3.35. The first-order valence-electron chi connectivity index (χ1n) is 5.47. The molecule has 0 spiro atoms. The summed E-state index contributed by atoms with van der Waals surface area (Å²) in [6, 6.07) is 4.08. The zero-order valence-corrected chi connectivity index (χ0v) is 10.2. The van der Waals surface area contributed by atoms with Crippen molar-refractivity contribution < 1.29 is 9.18 Å². The second-order valence-corrected chi connectivity index (χ2v) is 4.70. The summed E-state index contributed by atoms with van der Waals surface area (Å²) in [5.41, 5.74) is 6.37. The van der Waals surface area contributed by atoms with Crippen molar-refractivity contribution in [3.8, 4) is 0 Å². The van der Waals surface area contributed by atoms with E-state index >= 15 is 0 Å². The number of carbonyl (C=O) groups is 1. The largest absolute Gasteiger partial charge is 0.337 e. The van der Waals surface area contributed by atoms with Gasteiger partial charge >= 0.3 is 0 Å². The lowest BCUT2D eigenvalue weighted by Crippen LogP contribution is -2.47. The van der Waals surface area contributed by atoms with Crippen LogP contribution in [0.1, 0.15) is 24.4 Å². The van der Waals surface area contributed by atoms with Gasteiger partial charge in [0.1, 0.15) is 5.82 Å². The van der Waals surface area contributed by atoms with E-state index in [2.05, 4.69) is 0 Å². The molecule has 92 valence electrons. The highest BCUT2D eigenvalue weighted by Gasteiger charge is 2.34. The molecule has 1 heterocycles. The maximum absolute atomic E-state index is 13.9. The molecule has 0 radical (unpaired) electrons. The molecular formula is C12H14ClFN2O. The molecule has 0 aromatic heterocycles. The number of likely N-dealkylation sites (tertiary alicyclic amines) is 1. The smallest absolute Gasteiger partial charge is 0.222 e. The average molecular weight is 257 g/mol. The SMILES string of the molecule is CN1C(=O)CCC(N)C1c1cccc(Cl)c1F. The Balaban J connectivity index is 2.43. The molecule has 0 saturated carbocycles. The minimum atomic E-state index is -0.490. The van der Waals surface area contributed by atoms with Crippen molar-refractivity contribution in [3.63, 3.8) is 0 Å². The van der Waals surface area contributed by atoms with Crippen LogP contribution in [0.2, 0.25) is 5.02 Å². The topological polar surface area (TPSA) is 46.3 Å². The fraction of sp³-hybridized carbons (Fsp3) is 0.417. The van der Waals surface area contributed by atoms with Crippen LogP contribution < -0.4 is 5.73 Å². The lowest BCUT2D eigenvalue weighted by Gasteiger charge is -2.37. The lowest BCUT2D eigenvalue weighted by atomic mass is 9.91. The summed E-state index contributed by atoms with van der Waals surface area (Å²) in [6.45, 7) is 0. The second kappa shape index (κ2) is 4.63. The number of nitrogens with zero attached hydrogens (tertiary/aromatic N) is 1. The number of rotatable bonds is 1. The maximum atomic E-state index is 13.9. The summed E-state index contributed by atoms with van der Waals surface area (Å²) in [7, 11) is 1.65. The van der Waals surface area contributed by atoms with Gasteiger partial charge in [0, 0.05) is 25.1 Å². The zero-order valence-electron chi connectivity index (χ0n) is 9.49. The van der Waals surface area contributed by atoms with Crippen LogP contribution in [0.15, 0.2) is 18.2 Å². The molecule has 17 heavy (non-hydrogen) atoms. The highest BCUT2D eigenvalue weighted by atomic mass is 35.5. The molecule has 2 atom stereocenters. The van der Waals surface area contributed by atoms with Crippen molar-refractivity contribution in [2.45, 2.75) is 24.9 Å². The minimum Gasteiger partial charge on any atom is -0.337 e. The van der Waals surface area contributed by atoms with Gasteiger partial charge in [-0.05, 0) is 12.5 Å². The number of amides is 1. The Morgan fingerprint density at radius 3 is 2.94 bits per heavy atom. The van der Waals surface area contributed by atoms with E-state index in [1.807, 2.05) is 0 Å². The van der Waals surface area contributed by atoms with Crippen LogP contribution in [0.5, 0.6) is 0 Å². The molecule has 3 nitrogen and oxygen atoms in total. The van der Waals surface area contributed by atoms with E-state index in [9.17, 15) is 9.18 Å². The van der Waals surface area contributed by atoms with Crippen molar-refractivity contribution in [2.24, 2.45) is 5.73 Å². The van der Waals surface area contributed by atoms with Gasteiger partial charge in [-0.3, -0.25) is 4.79 Å². The van der Waals surface area contributed by atoms with E-state index in [0.29, 0.717) is 18.4 Å². The molecule has 0 bridgehead atoms. The summed E-state index contributed by atoms with van der Waals surface area (Å²) < 4.78 is 13.9. The van der Waals surface area contributed by atoms with E-state index in [1.165, 1.54) is 11.0 Å². The highest BCUT2D eigenvalue weighted by molar-refractivity contribution is 6.30. The molecular weight excluding hydrogens is 243 g/mol. The molecule has 1 aromatic rings. The number of nitrogens with two attached hydrogens (primary N) is 1. The number of likely N-dealkylation sites (N-methyl/N-ethyl adjacent to an activating group) is 1. The van der Waals surface area contributed by atoms with E-state index < -0.39 is 11.9 Å². The van der Waals surface area contributed by atoms with Crippen LogP contribution in [0.4, 0.5) is 4.39 Å². The molecule has 2 N–H and O–H groups in total. The van der Waals surface area contributed by atoms with Crippen molar-refractivity contribution in [1.29, 1.82) is 0 Å². The van der Waals surface area contributed by atoms with Crippen molar-refractivity contribution in [3.05, 3.63) is 34.6 Å². The summed E-state index contributed by atoms with van der Waals surface area (Å²) in [4.78, 5) is 13.1. The van der Waals surface area contributed by atoms with Crippen LogP contribution in [0, 0.1) is 5.82 Å². The van der Waals surface area contributed by atoms with E-state index in [-0.39, 0.29) is 17.0 Å². The van der Waals surface area contributed by atoms with Crippen LogP contribution in [0.3, 0.4) is 0 Å². The maximum Gasteiger partial charge on any atom is 0.222 e. The second-order valence-electron chi connectivity index (χ2n) is 4.30. The zero-order chi connectivity index (χ0) is 12.6. The van der Waals surface area contributed by atoms with Crippen molar-refractivity contribution >= 4 is 17.5 Å². The van der Waals surface area contributed by atoms with Gasteiger partial charge in [0.25, 0.3) is 0 Å². The first-order chi connectivity index (χ1) is 8.02. The summed E-state index contributed by atoms with van der Waals surface area (Å²) in [5, 5.41) is 0.0566. The Hall–Kier alpha value is -1.13. The third-order valence-electron chi connectivity index (χ3n) is 3.21. The van der Waals surface area contributed by atoms with Crippen molar-refractivity contribution in [2.75, 3.05) is 7.05 Å². The van der Waals surface area contributed by atoms with Crippen LogP contribution in [0.25, 0.3) is 0 Å². The molecule has 1 aliphatic heterocycles. The summed E-state index contributed by atoms with van der Waals surface area (Å²) in [6.07, 6.45) is 0.982. The number of hydrogen-bond acceptors (Lipinski definition) is 2. The molecule has 1 aromatic carbocycles. The van der Waals surface area contributed by atoms with Gasteiger partial charge in [-0.25, -0.2) is 4.39 Å². The average Bonchev–Trinajstić information content (AvgIpc) is 2.30. The predicted molar refractivity (Wildman–Crippen MR) is 64.1 cm³/mol. The Morgan fingerprint density at radius 1 is 1.53 bits per heavy atom. The Bertz CT molecular complexity index is 452. The number of hydrogen-bond donors (Lipinski definition) is 1. The number of halogens is 2. The van der Waals surface area contributed by atoms with Gasteiger partial charge in [0.05, 0.1) is 11.1 Å². The molecule has 2 unspecified atom stereocenters. The Morgan fingerprint density at radius 2 is 2.24 bits per heavy atom. The fourth-order valence-electron chi connectivity index (χ4n) is 2.25. The Labute approximate surface area is 104 Å². The van der Waals surface area contributed by atoms with Gasteiger partial charge in [-0.2, -0.15) is 0 Å². The molecule has 0 aliphatic carbocycles. The third-order valence-corrected chi connectivity index (χ3v) is 3.50. The van der Waals surface area contributed by atoms with E-state index in [4.69, 9.17) is 17.3 Å². The van der Waals surface area contributed by atoms with Gasteiger partial charge in [0.2, 0.25) is 5.91 Å². The standard InChI is InChI=1S/C12H14ClFN2O/c1-16-10(17)6-5-9(15)12(16)7-3-2-4-8(13)11(7)14/h2-4,9,12H,5-6,15H2,1H3. The molecule has 5 heteroatoms. The predicted octanol–water partition coefficient (Wildman–Crippen LogP) is 2.10. The molecule has 1 amide bonds. The highest BCUT2D eigenvalue weighted by Crippen LogP contribution is 2.33. The van der Waals surface area contributed by atoms with Crippen LogP contribution in [-0.2, 0) is 4.79 Å². The van der Waals surface area contributed by atoms with Crippen LogP contribution in [-0.4, -0.2) is 23.9 Å². The van der Waals surface area contributed by atoms with Gasteiger partial charge in [-0.1, -0.05) is 23.7 Å². The third kappa shape index (κ3) is 2.15. The first kappa shape index (κ1) is 12.3. The summed E-state index contributed by atoms with van der Waals surface area (Å²) >= 11 is 5.75. The molecule has 1 aliphatic rings. The quantitative estimate of drug-likeness (QED) is 0.836. The van der Waals surface area contributed by atoms with E-state index in [0.717, 1.165) is 0 Å². The fourth-order valence-corrected chi connectivity index (χ4v) is 2.44. The van der Waals surface area contributed by atoms with E-state index in [1.54, 1.807) is 19.2 Å². The monoisotopic (exact) mass is 256 g/mol.